The van der Waals surface area contributed by atoms with E-state index >= 15 is 0 Å². The number of nitrogens with zero attached hydrogens (tertiary/aromatic N) is 2. The van der Waals surface area contributed by atoms with E-state index in [0.717, 1.165) is 4.88 Å². The van der Waals surface area contributed by atoms with E-state index < -0.39 is 11.9 Å². The second kappa shape index (κ2) is 6.09. The molecule has 6 nitrogen and oxygen atoms in total. The van der Waals surface area contributed by atoms with Crippen LogP contribution in [0.2, 0.25) is 0 Å². The van der Waals surface area contributed by atoms with Crippen LogP contribution >= 0.6 is 11.3 Å². The lowest BCUT2D eigenvalue weighted by atomic mass is 10.2. The van der Waals surface area contributed by atoms with Crippen LogP contribution in [0.1, 0.15) is 23.2 Å². The maximum atomic E-state index is 12.2. The van der Waals surface area contributed by atoms with Gasteiger partial charge in [0.2, 0.25) is 11.8 Å². The van der Waals surface area contributed by atoms with Crippen LogP contribution in [-0.4, -0.2) is 41.8 Å². The summed E-state index contributed by atoms with van der Waals surface area (Å²) in [7, 11) is 3.28. The van der Waals surface area contributed by atoms with Gasteiger partial charge in [-0.05, 0) is 25.3 Å². The van der Waals surface area contributed by atoms with Gasteiger partial charge in [0.05, 0.1) is 4.88 Å². The Bertz CT molecular complexity index is 646. The molecule has 0 bridgehead atoms. The van der Waals surface area contributed by atoms with E-state index in [1.165, 1.54) is 16.2 Å². The van der Waals surface area contributed by atoms with Gasteiger partial charge >= 0.3 is 0 Å². The van der Waals surface area contributed by atoms with Crippen molar-refractivity contribution in [1.29, 1.82) is 0 Å². The molecule has 1 N–H and O–H groups in total. The number of hydrogen-bond acceptors (Lipinski definition) is 5. The molecule has 2 rings (SSSR count). The van der Waals surface area contributed by atoms with Crippen LogP contribution in [0.3, 0.4) is 0 Å². The highest BCUT2D eigenvalue weighted by Crippen LogP contribution is 2.25. The first-order chi connectivity index (χ1) is 9.90. The Hall–Kier alpha value is -2.15. The molecule has 1 unspecified atom stereocenters. The smallest absolute Gasteiger partial charge is 0.274 e. The summed E-state index contributed by atoms with van der Waals surface area (Å²) < 4.78 is 5.51. The number of amides is 2. The number of thiophene rings is 1. The zero-order valence-corrected chi connectivity index (χ0v) is 13.2. The number of hydrogen-bond donors (Lipinski definition) is 1. The summed E-state index contributed by atoms with van der Waals surface area (Å²) in [5.41, 5.74) is 0.205. The van der Waals surface area contributed by atoms with Gasteiger partial charge in [0.15, 0.2) is 5.69 Å². The van der Waals surface area contributed by atoms with Crippen LogP contribution in [0.5, 0.6) is 0 Å². The van der Waals surface area contributed by atoms with Crippen LogP contribution < -0.4 is 5.32 Å². The molecule has 0 aliphatic rings. The fourth-order valence-electron chi connectivity index (χ4n) is 1.83. The first-order valence-corrected chi connectivity index (χ1v) is 7.31. The molecule has 2 aromatic rings. The Morgan fingerprint density at radius 1 is 1.43 bits per heavy atom. The zero-order chi connectivity index (χ0) is 15.6. The summed E-state index contributed by atoms with van der Waals surface area (Å²) in [4.78, 5) is 30.4. The highest BCUT2D eigenvalue weighted by molar-refractivity contribution is 7.13. The van der Waals surface area contributed by atoms with E-state index in [0.29, 0.717) is 11.7 Å². The summed E-state index contributed by atoms with van der Waals surface area (Å²) in [6, 6.07) is 3.14. The van der Waals surface area contributed by atoms with Gasteiger partial charge in [-0.15, -0.1) is 11.3 Å². The molecule has 0 spiro atoms. The Kier molecular flexibility index (Phi) is 4.42. The number of nitrogens with one attached hydrogen (secondary N) is 1. The van der Waals surface area contributed by atoms with E-state index in [-0.39, 0.29) is 11.6 Å². The molecule has 0 aliphatic carbocycles. The number of likely N-dealkylation sites (N-methyl/N-ethyl adjacent to an activating group) is 1. The van der Waals surface area contributed by atoms with Gasteiger partial charge in [-0.25, -0.2) is 4.98 Å². The van der Waals surface area contributed by atoms with Crippen molar-refractivity contribution in [3.63, 3.8) is 0 Å². The Labute approximate surface area is 126 Å². The SMILES string of the molecule is Cc1oc(-c2cccs2)nc1C(=O)NC(C)C(=O)N(C)C. The second-order valence-electron chi connectivity index (χ2n) is 4.83. The van der Waals surface area contributed by atoms with Crippen LogP contribution in [0.4, 0.5) is 0 Å². The van der Waals surface area contributed by atoms with Gasteiger partial charge in [0.1, 0.15) is 11.8 Å². The van der Waals surface area contributed by atoms with Crippen LogP contribution in [0.15, 0.2) is 21.9 Å². The molecule has 2 heterocycles. The van der Waals surface area contributed by atoms with Gasteiger partial charge in [-0.1, -0.05) is 6.07 Å². The third-order valence-electron chi connectivity index (χ3n) is 2.90. The number of rotatable bonds is 4. The fraction of sp³-hybridized carbons (Fsp3) is 0.357. The summed E-state index contributed by atoms with van der Waals surface area (Å²) >= 11 is 1.48. The lowest BCUT2D eigenvalue weighted by molar-refractivity contribution is -0.130. The number of aryl methyl sites for hydroxylation is 1. The molecule has 0 saturated heterocycles. The largest absolute Gasteiger partial charge is 0.440 e. The minimum atomic E-state index is -0.617. The molecular formula is C14H17N3O3S. The third-order valence-corrected chi connectivity index (χ3v) is 3.76. The summed E-state index contributed by atoms with van der Waals surface area (Å²) in [5, 5.41) is 4.54. The highest BCUT2D eigenvalue weighted by atomic mass is 32.1. The number of oxazole rings is 1. The van der Waals surface area contributed by atoms with E-state index in [9.17, 15) is 9.59 Å². The Morgan fingerprint density at radius 3 is 2.71 bits per heavy atom. The van der Waals surface area contributed by atoms with Crippen molar-refractivity contribution in [2.24, 2.45) is 0 Å². The van der Waals surface area contributed by atoms with Crippen LogP contribution in [-0.2, 0) is 4.79 Å². The maximum Gasteiger partial charge on any atom is 0.274 e. The Balaban J connectivity index is 2.15. The van der Waals surface area contributed by atoms with Crippen LogP contribution in [0.25, 0.3) is 10.8 Å². The van der Waals surface area contributed by atoms with Gasteiger partial charge in [0, 0.05) is 14.1 Å². The van der Waals surface area contributed by atoms with Crippen molar-refractivity contribution < 1.29 is 14.0 Å². The third kappa shape index (κ3) is 3.30. The molecule has 21 heavy (non-hydrogen) atoms. The van der Waals surface area contributed by atoms with Crippen molar-refractivity contribution in [1.82, 2.24) is 15.2 Å². The van der Waals surface area contributed by atoms with Crippen molar-refractivity contribution in [3.05, 3.63) is 29.0 Å². The molecule has 2 aromatic heterocycles. The molecule has 112 valence electrons. The topological polar surface area (TPSA) is 75.4 Å². The molecule has 2 amide bonds. The van der Waals surface area contributed by atoms with Crippen molar-refractivity contribution in [2.75, 3.05) is 14.1 Å². The molecule has 0 saturated carbocycles. The minimum Gasteiger partial charge on any atom is -0.440 e. The van der Waals surface area contributed by atoms with Gasteiger partial charge in [-0.3, -0.25) is 9.59 Å². The lowest BCUT2D eigenvalue weighted by Gasteiger charge is -2.17. The van der Waals surface area contributed by atoms with Gasteiger partial charge in [0.25, 0.3) is 5.91 Å². The number of carbonyl (C=O) groups excluding carboxylic acids is 2. The minimum absolute atomic E-state index is 0.178. The summed E-state index contributed by atoms with van der Waals surface area (Å²) in [6.45, 7) is 3.31. The predicted molar refractivity (Wildman–Crippen MR) is 80.2 cm³/mol. The summed E-state index contributed by atoms with van der Waals surface area (Å²) in [5.74, 6) is 0.254. The molecule has 0 radical (unpaired) electrons. The molecule has 7 heteroatoms. The molecule has 1 atom stereocenters. The van der Waals surface area contributed by atoms with E-state index in [1.807, 2.05) is 17.5 Å². The molecule has 0 fully saturated rings. The highest BCUT2D eigenvalue weighted by Gasteiger charge is 2.23. The first kappa shape index (κ1) is 15.2. The monoisotopic (exact) mass is 307 g/mol. The lowest BCUT2D eigenvalue weighted by Crippen LogP contribution is -2.44. The van der Waals surface area contributed by atoms with Gasteiger partial charge < -0.3 is 14.6 Å². The Morgan fingerprint density at radius 2 is 2.14 bits per heavy atom. The fourth-order valence-corrected chi connectivity index (χ4v) is 2.48. The van der Waals surface area contributed by atoms with Crippen molar-refractivity contribution >= 4 is 23.2 Å². The van der Waals surface area contributed by atoms with Gasteiger partial charge in [-0.2, -0.15) is 0 Å². The standard InChI is InChI=1S/C14H17N3O3S/c1-8(14(19)17(3)4)15-12(18)11-9(2)20-13(16-11)10-6-5-7-21-10/h5-8H,1-4H3,(H,15,18). The first-order valence-electron chi connectivity index (χ1n) is 6.43. The molecule has 0 aromatic carbocycles. The average Bonchev–Trinajstić information content (AvgIpc) is 3.06. The number of carbonyl (C=O) groups is 2. The second-order valence-corrected chi connectivity index (χ2v) is 5.78. The molecular weight excluding hydrogens is 290 g/mol. The quantitative estimate of drug-likeness (QED) is 0.936. The van der Waals surface area contributed by atoms with E-state index in [2.05, 4.69) is 10.3 Å². The zero-order valence-electron chi connectivity index (χ0n) is 12.3. The molecule has 0 aliphatic heterocycles. The van der Waals surface area contributed by atoms with Crippen molar-refractivity contribution in [3.8, 4) is 10.8 Å². The maximum absolute atomic E-state index is 12.2. The predicted octanol–water partition coefficient (Wildman–Crippen LogP) is 1.92. The van der Waals surface area contributed by atoms with E-state index in [4.69, 9.17) is 4.42 Å². The normalized spacial score (nSPS) is 12.0. The number of aromatic nitrogens is 1. The van der Waals surface area contributed by atoms with Crippen LogP contribution in [0, 0.1) is 6.92 Å². The van der Waals surface area contributed by atoms with Crippen molar-refractivity contribution in [2.45, 2.75) is 19.9 Å². The summed E-state index contributed by atoms with van der Waals surface area (Å²) in [6.07, 6.45) is 0. The van der Waals surface area contributed by atoms with E-state index in [1.54, 1.807) is 27.9 Å². The average molecular weight is 307 g/mol.